The van der Waals surface area contributed by atoms with Crippen LogP contribution in [0.25, 0.3) is 11.4 Å². The average Bonchev–Trinajstić information content (AvgIpc) is 3.40. The lowest BCUT2D eigenvalue weighted by atomic mass is 10.0. The Bertz CT molecular complexity index is 1200. The van der Waals surface area contributed by atoms with Crippen molar-refractivity contribution < 1.29 is 9.53 Å². The number of rotatable bonds is 17. The maximum atomic E-state index is 13.0. The van der Waals surface area contributed by atoms with E-state index in [9.17, 15) is 4.79 Å². The van der Waals surface area contributed by atoms with E-state index in [2.05, 4.69) is 43.0 Å². The Hall–Kier alpha value is -2.31. The van der Waals surface area contributed by atoms with E-state index >= 15 is 0 Å². The number of esters is 1. The minimum Gasteiger partial charge on any atom is -0.422 e. The number of thiophene rings is 1. The minimum atomic E-state index is -1.29. The smallest absolute Gasteiger partial charge is 0.353 e. The molecule has 0 amide bonds. The van der Waals surface area contributed by atoms with Gasteiger partial charge in [-0.1, -0.05) is 90.8 Å². The standard InChI is InChI=1S/C34H50N2O2SSi/c1-7-9-11-12-13-14-15-16-17-28-23-35-33(36-24-28)30-19-20-31(27(4)26(30)3)38-34(37)32-21-18-29(39-32)25-40(5,6)22-10-8-2/h18-21,23-24H,7-17,22,25H2,1-6H3. The summed E-state index contributed by atoms with van der Waals surface area (Å²) in [7, 11) is -1.29. The van der Waals surface area contributed by atoms with Gasteiger partial charge in [0.05, 0.1) is 8.07 Å². The summed E-state index contributed by atoms with van der Waals surface area (Å²) < 4.78 is 5.86. The first kappa shape index (κ1) is 32.2. The molecule has 3 rings (SSSR count). The van der Waals surface area contributed by atoms with Gasteiger partial charge in [0, 0.05) is 22.8 Å². The Balaban J connectivity index is 1.55. The molecular weight excluding hydrogens is 529 g/mol. The molecule has 1 aromatic carbocycles. The number of hydrogen-bond acceptors (Lipinski definition) is 5. The summed E-state index contributed by atoms with van der Waals surface area (Å²) in [6, 6.07) is 10.3. The molecule has 0 bridgehead atoms. The van der Waals surface area contributed by atoms with Crippen LogP contribution in [0.3, 0.4) is 0 Å². The number of carbonyl (C=O) groups is 1. The molecule has 0 radical (unpaired) electrons. The first-order valence-corrected chi connectivity index (χ1v) is 19.7. The molecule has 40 heavy (non-hydrogen) atoms. The summed E-state index contributed by atoms with van der Waals surface area (Å²) >= 11 is 1.58. The van der Waals surface area contributed by atoms with Crippen LogP contribution in [0.4, 0.5) is 0 Å². The largest absolute Gasteiger partial charge is 0.422 e. The summed E-state index contributed by atoms with van der Waals surface area (Å²) in [4.78, 5) is 24.3. The van der Waals surface area contributed by atoms with Crippen molar-refractivity contribution in [1.29, 1.82) is 0 Å². The van der Waals surface area contributed by atoms with Crippen molar-refractivity contribution in [2.75, 3.05) is 0 Å². The number of ether oxygens (including phenoxy) is 1. The van der Waals surface area contributed by atoms with E-state index in [0.29, 0.717) is 10.6 Å². The van der Waals surface area contributed by atoms with Gasteiger partial charge in [-0.05, 0) is 73.7 Å². The third-order valence-corrected chi connectivity index (χ3v) is 12.3. The van der Waals surface area contributed by atoms with Gasteiger partial charge in [0.25, 0.3) is 0 Å². The number of nitrogens with zero attached hydrogens (tertiary/aromatic N) is 2. The average molecular weight is 579 g/mol. The second-order valence-electron chi connectivity index (χ2n) is 12.1. The molecule has 0 aliphatic rings. The van der Waals surface area contributed by atoms with Crippen molar-refractivity contribution in [2.45, 2.75) is 124 Å². The molecule has 6 heteroatoms. The van der Waals surface area contributed by atoms with Crippen molar-refractivity contribution in [3.63, 3.8) is 0 Å². The molecule has 4 nitrogen and oxygen atoms in total. The Morgan fingerprint density at radius 2 is 1.48 bits per heavy atom. The van der Waals surface area contributed by atoms with E-state index < -0.39 is 8.07 Å². The zero-order chi connectivity index (χ0) is 29.0. The molecule has 0 N–H and O–H groups in total. The lowest BCUT2D eigenvalue weighted by Crippen LogP contribution is -2.28. The second-order valence-corrected chi connectivity index (χ2v) is 18.5. The first-order valence-electron chi connectivity index (χ1n) is 15.5. The van der Waals surface area contributed by atoms with Crippen molar-refractivity contribution in [3.05, 3.63) is 63.1 Å². The van der Waals surface area contributed by atoms with Gasteiger partial charge >= 0.3 is 5.97 Å². The molecular formula is C34H50N2O2SSi. The third-order valence-electron chi connectivity index (χ3n) is 7.93. The highest BCUT2D eigenvalue weighted by Gasteiger charge is 2.23. The number of aryl methyl sites for hydroxylation is 1. The fraction of sp³-hybridized carbons (Fsp3) is 0.559. The number of hydrogen-bond donors (Lipinski definition) is 0. The zero-order valence-corrected chi connectivity index (χ0v) is 27.6. The molecule has 0 aliphatic heterocycles. The van der Waals surface area contributed by atoms with E-state index in [-0.39, 0.29) is 5.97 Å². The number of benzene rings is 1. The van der Waals surface area contributed by atoms with Crippen LogP contribution in [-0.4, -0.2) is 24.0 Å². The second kappa shape index (κ2) is 16.2. The summed E-state index contributed by atoms with van der Waals surface area (Å²) in [6.07, 6.45) is 18.1. The fourth-order valence-corrected chi connectivity index (χ4v) is 9.87. The van der Waals surface area contributed by atoms with Gasteiger partial charge < -0.3 is 4.74 Å². The monoisotopic (exact) mass is 578 g/mol. The topological polar surface area (TPSA) is 52.1 Å². The van der Waals surface area contributed by atoms with Gasteiger partial charge in [-0.25, -0.2) is 14.8 Å². The van der Waals surface area contributed by atoms with Crippen LogP contribution in [0.15, 0.2) is 36.7 Å². The highest BCUT2D eigenvalue weighted by atomic mass is 32.1. The zero-order valence-electron chi connectivity index (χ0n) is 25.8. The van der Waals surface area contributed by atoms with E-state index in [1.807, 2.05) is 44.4 Å². The van der Waals surface area contributed by atoms with Gasteiger partial charge in [-0.15, -0.1) is 11.3 Å². The van der Waals surface area contributed by atoms with Gasteiger partial charge in [-0.2, -0.15) is 0 Å². The predicted molar refractivity (Wildman–Crippen MR) is 173 cm³/mol. The van der Waals surface area contributed by atoms with Crippen LogP contribution >= 0.6 is 11.3 Å². The highest BCUT2D eigenvalue weighted by molar-refractivity contribution is 7.14. The quantitative estimate of drug-likeness (QED) is 0.0692. The summed E-state index contributed by atoms with van der Waals surface area (Å²) in [5.74, 6) is 1.04. The minimum absolute atomic E-state index is 0.277. The van der Waals surface area contributed by atoms with Crippen LogP contribution in [0.5, 0.6) is 5.75 Å². The number of unbranched alkanes of at least 4 members (excludes halogenated alkanes) is 8. The van der Waals surface area contributed by atoms with E-state index in [1.165, 1.54) is 80.7 Å². The molecule has 0 saturated carbocycles. The van der Waals surface area contributed by atoms with Gasteiger partial charge in [-0.3, -0.25) is 0 Å². The van der Waals surface area contributed by atoms with E-state index in [1.54, 1.807) is 11.3 Å². The summed E-state index contributed by atoms with van der Waals surface area (Å²) in [6.45, 7) is 13.5. The fourth-order valence-electron chi connectivity index (χ4n) is 5.18. The van der Waals surface area contributed by atoms with Crippen LogP contribution in [-0.2, 0) is 12.5 Å². The Morgan fingerprint density at radius 3 is 2.15 bits per heavy atom. The highest BCUT2D eigenvalue weighted by Crippen LogP contribution is 2.31. The lowest BCUT2D eigenvalue weighted by molar-refractivity contribution is 0.0738. The summed E-state index contributed by atoms with van der Waals surface area (Å²) in [5, 5.41) is 0. The molecule has 0 atom stereocenters. The first-order chi connectivity index (χ1) is 19.2. The maximum absolute atomic E-state index is 13.0. The van der Waals surface area contributed by atoms with E-state index in [4.69, 9.17) is 4.74 Å². The van der Waals surface area contributed by atoms with Crippen molar-refractivity contribution in [1.82, 2.24) is 9.97 Å². The Kier molecular flexibility index (Phi) is 13.1. The molecule has 2 aromatic heterocycles. The lowest BCUT2D eigenvalue weighted by Gasteiger charge is -2.21. The number of carbonyl (C=O) groups excluding carboxylic acids is 1. The molecule has 2 heterocycles. The van der Waals surface area contributed by atoms with Crippen molar-refractivity contribution in [3.8, 4) is 17.1 Å². The third kappa shape index (κ3) is 9.95. The molecule has 0 aliphatic carbocycles. The Labute approximate surface area is 248 Å². The van der Waals surface area contributed by atoms with Crippen molar-refractivity contribution in [2.24, 2.45) is 0 Å². The molecule has 218 valence electrons. The van der Waals surface area contributed by atoms with Crippen LogP contribution in [0, 0.1) is 13.8 Å². The molecule has 0 unspecified atom stereocenters. The van der Waals surface area contributed by atoms with Crippen LogP contribution < -0.4 is 4.74 Å². The number of aromatic nitrogens is 2. The molecule has 0 fully saturated rings. The Morgan fingerprint density at radius 1 is 0.825 bits per heavy atom. The van der Waals surface area contributed by atoms with Gasteiger partial charge in [0.15, 0.2) is 5.82 Å². The SMILES string of the molecule is CCCCCCCCCCc1cnc(-c2ccc(OC(=O)c3ccc(C[Si](C)(C)CCCC)s3)c(C)c2C)nc1. The summed E-state index contributed by atoms with van der Waals surface area (Å²) in [5.41, 5.74) is 4.16. The molecule has 0 spiro atoms. The van der Waals surface area contributed by atoms with Crippen LogP contribution in [0.2, 0.25) is 19.1 Å². The van der Waals surface area contributed by atoms with Gasteiger partial charge in [0.2, 0.25) is 0 Å². The predicted octanol–water partition coefficient (Wildman–Crippen LogP) is 10.3. The normalized spacial score (nSPS) is 11.7. The van der Waals surface area contributed by atoms with Gasteiger partial charge in [0.1, 0.15) is 10.6 Å². The molecule has 3 aromatic rings. The molecule has 0 saturated heterocycles. The van der Waals surface area contributed by atoms with E-state index in [0.717, 1.165) is 35.0 Å². The maximum Gasteiger partial charge on any atom is 0.353 e. The van der Waals surface area contributed by atoms with Crippen molar-refractivity contribution >= 4 is 25.4 Å². The van der Waals surface area contributed by atoms with Crippen LogP contribution in [0.1, 0.15) is 109 Å².